The molecule has 1 aromatic rings. The second-order valence-electron chi connectivity index (χ2n) is 9.19. The largest absolute Gasteiger partial charge is 0.354 e. The number of hydrogen-bond donors (Lipinski definition) is 3. The molecule has 0 bridgehead atoms. The Balaban J connectivity index is 1.36. The number of fused-ring (bicyclic) bond motifs is 1. The summed E-state index contributed by atoms with van der Waals surface area (Å²) in [5, 5.41) is 17.1. The van der Waals surface area contributed by atoms with E-state index in [9.17, 15) is 14.4 Å². The van der Waals surface area contributed by atoms with Crippen molar-refractivity contribution in [2.45, 2.75) is 76.0 Å². The quantitative estimate of drug-likeness (QED) is 0.477. The maximum atomic E-state index is 13.2. The molecule has 0 aromatic heterocycles. The van der Waals surface area contributed by atoms with Crippen LogP contribution in [-0.2, 0) is 11.3 Å². The molecule has 3 N–H and O–H groups in total. The number of carbonyl (C=O) groups is 3. The maximum Gasteiger partial charge on any atom is 0.252 e. The molecule has 3 amide bonds. The third kappa shape index (κ3) is 5.59. The van der Waals surface area contributed by atoms with Gasteiger partial charge in [0.2, 0.25) is 5.91 Å². The molecule has 1 atom stereocenters. The van der Waals surface area contributed by atoms with Crippen molar-refractivity contribution in [3.05, 3.63) is 34.9 Å². The Morgan fingerprint density at radius 1 is 1.21 bits per heavy atom. The van der Waals surface area contributed by atoms with Gasteiger partial charge in [-0.3, -0.25) is 14.4 Å². The highest BCUT2D eigenvalue weighted by molar-refractivity contribution is 6.09. The first-order valence-corrected chi connectivity index (χ1v) is 11.9. The van der Waals surface area contributed by atoms with Gasteiger partial charge in [0.1, 0.15) is 0 Å². The molecule has 8 nitrogen and oxygen atoms in total. The van der Waals surface area contributed by atoms with Crippen LogP contribution in [-0.4, -0.2) is 36.0 Å². The van der Waals surface area contributed by atoms with Crippen molar-refractivity contribution in [2.24, 2.45) is 16.1 Å². The SMILES string of the molecule is C#CCCC1(CCC(=O)NCC(NC(=O)c2cccc3c2C(=O)NC3)C2CCCCC2)N=N1. The minimum atomic E-state index is -0.477. The molecule has 0 spiro atoms. The van der Waals surface area contributed by atoms with Crippen molar-refractivity contribution >= 4 is 17.7 Å². The van der Waals surface area contributed by atoms with E-state index in [4.69, 9.17) is 6.42 Å². The number of benzene rings is 1. The second-order valence-corrected chi connectivity index (χ2v) is 9.19. The number of nitrogens with one attached hydrogen (secondary N) is 3. The van der Waals surface area contributed by atoms with Gasteiger partial charge in [-0.25, -0.2) is 0 Å². The molecule has 2 aliphatic heterocycles. The fraction of sp³-hybridized carbons (Fsp3) is 0.560. The van der Waals surface area contributed by atoms with Crippen LogP contribution in [0.5, 0.6) is 0 Å². The van der Waals surface area contributed by atoms with E-state index >= 15 is 0 Å². The Morgan fingerprint density at radius 3 is 2.73 bits per heavy atom. The first kappa shape index (κ1) is 23.0. The van der Waals surface area contributed by atoms with Crippen LogP contribution in [0, 0.1) is 18.3 Å². The first-order valence-electron chi connectivity index (χ1n) is 11.9. The van der Waals surface area contributed by atoms with Gasteiger partial charge in [-0.1, -0.05) is 31.4 Å². The van der Waals surface area contributed by atoms with Gasteiger partial charge in [0.15, 0.2) is 5.66 Å². The summed E-state index contributed by atoms with van der Waals surface area (Å²) in [6, 6.07) is 5.16. The molecular weight excluding hydrogens is 418 g/mol. The van der Waals surface area contributed by atoms with Crippen molar-refractivity contribution in [3.63, 3.8) is 0 Å². The Labute approximate surface area is 194 Å². The normalized spacial score (nSPS) is 19.2. The second kappa shape index (κ2) is 10.2. The summed E-state index contributed by atoms with van der Waals surface area (Å²) in [5.41, 5.74) is 1.21. The molecule has 8 heteroatoms. The summed E-state index contributed by atoms with van der Waals surface area (Å²) in [6.07, 6.45) is 12.9. The van der Waals surface area contributed by atoms with Crippen LogP contribution < -0.4 is 16.0 Å². The molecule has 1 aromatic carbocycles. The van der Waals surface area contributed by atoms with Crippen molar-refractivity contribution < 1.29 is 14.4 Å². The van der Waals surface area contributed by atoms with Crippen molar-refractivity contribution in [2.75, 3.05) is 6.54 Å². The van der Waals surface area contributed by atoms with Crippen LogP contribution in [0.15, 0.2) is 28.4 Å². The van der Waals surface area contributed by atoms with E-state index in [0.717, 1.165) is 31.2 Å². The minimum Gasteiger partial charge on any atom is -0.354 e. The molecule has 2 heterocycles. The zero-order valence-electron chi connectivity index (χ0n) is 18.9. The minimum absolute atomic E-state index is 0.0811. The first-order chi connectivity index (χ1) is 16.0. The number of terminal acetylenes is 1. The van der Waals surface area contributed by atoms with E-state index in [0.29, 0.717) is 55.8 Å². The topological polar surface area (TPSA) is 112 Å². The fourth-order valence-corrected chi connectivity index (χ4v) is 4.88. The summed E-state index contributed by atoms with van der Waals surface area (Å²) < 4.78 is 0. The molecule has 33 heavy (non-hydrogen) atoms. The summed E-state index contributed by atoms with van der Waals surface area (Å²) >= 11 is 0. The molecule has 4 rings (SSSR count). The van der Waals surface area contributed by atoms with Crippen molar-refractivity contribution in [3.8, 4) is 12.3 Å². The van der Waals surface area contributed by atoms with Crippen LogP contribution >= 0.6 is 0 Å². The summed E-state index contributed by atoms with van der Waals surface area (Å²) in [5.74, 6) is 2.33. The Morgan fingerprint density at radius 2 is 2.00 bits per heavy atom. The molecule has 0 radical (unpaired) electrons. The van der Waals surface area contributed by atoms with E-state index in [2.05, 4.69) is 32.1 Å². The predicted octanol–water partition coefficient (Wildman–Crippen LogP) is 3.08. The summed E-state index contributed by atoms with van der Waals surface area (Å²) in [6.45, 7) is 0.806. The number of carbonyl (C=O) groups excluding carboxylic acids is 3. The zero-order chi connectivity index (χ0) is 23.3. The Hall–Kier alpha value is -3.21. The van der Waals surface area contributed by atoms with Crippen molar-refractivity contribution in [1.82, 2.24) is 16.0 Å². The van der Waals surface area contributed by atoms with Gasteiger partial charge in [-0.2, -0.15) is 10.2 Å². The molecule has 1 aliphatic carbocycles. The van der Waals surface area contributed by atoms with E-state index < -0.39 is 5.66 Å². The van der Waals surface area contributed by atoms with E-state index in [1.54, 1.807) is 12.1 Å². The molecule has 1 fully saturated rings. The number of hydrogen-bond acceptors (Lipinski definition) is 5. The van der Waals surface area contributed by atoms with Gasteiger partial charge in [0.05, 0.1) is 11.1 Å². The van der Waals surface area contributed by atoms with E-state index in [-0.39, 0.29) is 23.8 Å². The molecule has 0 saturated heterocycles. The van der Waals surface area contributed by atoms with E-state index in [1.165, 1.54) is 6.42 Å². The standard InChI is InChI=1S/C25H31N5O3/c1-2-3-13-25(29-30-25)14-12-21(31)26-16-20(17-8-5-4-6-9-17)28-23(32)19-11-7-10-18-15-27-24(33)22(18)19/h1,7,10-11,17,20H,3-6,8-9,12-16H2,(H,26,31)(H,27,33)(H,28,32). The number of amides is 3. The fourth-order valence-electron chi connectivity index (χ4n) is 4.88. The predicted molar refractivity (Wildman–Crippen MR) is 123 cm³/mol. The van der Waals surface area contributed by atoms with Gasteiger partial charge in [0, 0.05) is 44.8 Å². The smallest absolute Gasteiger partial charge is 0.252 e. The van der Waals surface area contributed by atoms with Gasteiger partial charge in [-0.15, -0.1) is 12.3 Å². The Bertz CT molecular complexity index is 984. The Kier molecular flexibility index (Phi) is 7.07. The highest BCUT2D eigenvalue weighted by Crippen LogP contribution is 2.37. The van der Waals surface area contributed by atoms with Crippen LogP contribution in [0.3, 0.4) is 0 Å². The van der Waals surface area contributed by atoms with Crippen LogP contribution in [0.25, 0.3) is 0 Å². The van der Waals surface area contributed by atoms with Gasteiger partial charge in [-0.05, 0) is 30.4 Å². The van der Waals surface area contributed by atoms with Gasteiger partial charge < -0.3 is 16.0 Å². The lowest BCUT2D eigenvalue weighted by Gasteiger charge is -2.31. The lowest BCUT2D eigenvalue weighted by atomic mass is 9.83. The van der Waals surface area contributed by atoms with Crippen LogP contribution in [0.4, 0.5) is 0 Å². The summed E-state index contributed by atoms with van der Waals surface area (Å²) in [7, 11) is 0. The molecular formula is C25H31N5O3. The monoisotopic (exact) mass is 449 g/mol. The van der Waals surface area contributed by atoms with Gasteiger partial charge >= 0.3 is 0 Å². The third-order valence-electron chi connectivity index (χ3n) is 6.92. The molecule has 1 saturated carbocycles. The number of nitrogens with zero attached hydrogens (tertiary/aromatic N) is 2. The highest BCUT2D eigenvalue weighted by Gasteiger charge is 2.39. The lowest BCUT2D eigenvalue weighted by molar-refractivity contribution is -0.121. The molecule has 3 aliphatic rings. The molecule has 1 unspecified atom stereocenters. The van der Waals surface area contributed by atoms with E-state index in [1.807, 2.05) is 6.07 Å². The zero-order valence-corrected chi connectivity index (χ0v) is 18.9. The molecule has 174 valence electrons. The lowest BCUT2D eigenvalue weighted by Crippen LogP contribution is -2.48. The average Bonchev–Trinajstić information content (AvgIpc) is 3.52. The van der Waals surface area contributed by atoms with Crippen LogP contribution in [0.2, 0.25) is 0 Å². The highest BCUT2D eigenvalue weighted by atomic mass is 16.2. The van der Waals surface area contributed by atoms with Crippen LogP contribution in [0.1, 0.15) is 84.1 Å². The van der Waals surface area contributed by atoms with Crippen molar-refractivity contribution in [1.29, 1.82) is 0 Å². The summed E-state index contributed by atoms with van der Waals surface area (Å²) in [4.78, 5) is 37.9. The number of rotatable bonds is 10. The average molecular weight is 450 g/mol. The maximum absolute atomic E-state index is 13.2. The van der Waals surface area contributed by atoms with Gasteiger partial charge in [0.25, 0.3) is 11.8 Å². The third-order valence-corrected chi connectivity index (χ3v) is 6.92.